The lowest BCUT2D eigenvalue weighted by Crippen LogP contribution is -2.14. The lowest BCUT2D eigenvalue weighted by Gasteiger charge is -2.03. The fourth-order valence-corrected chi connectivity index (χ4v) is 3.43. The normalized spacial score (nSPS) is 10.4. The molecule has 0 atom stereocenters. The van der Waals surface area contributed by atoms with E-state index in [9.17, 15) is 4.79 Å². The minimum Gasteiger partial charge on any atom is -0.301 e. The van der Waals surface area contributed by atoms with Gasteiger partial charge in [-0.15, -0.1) is 23.1 Å². The zero-order valence-electron chi connectivity index (χ0n) is 12.2. The summed E-state index contributed by atoms with van der Waals surface area (Å²) in [6.45, 7) is 0. The van der Waals surface area contributed by atoms with E-state index in [1.54, 1.807) is 0 Å². The summed E-state index contributed by atoms with van der Waals surface area (Å²) in [6, 6.07) is 16.3. The minimum absolute atomic E-state index is 0.135. The van der Waals surface area contributed by atoms with Crippen molar-refractivity contribution in [2.45, 2.75) is 0 Å². The second-order valence-corrected chi connectivity index (χ2v) is 6.61. The van der Waals surface area contributed by atoms with Gasteiger partial charge in [0.15, 0.2) is 5.13 Å². The molecule has 6 heteroatoms. The number of carbonyl (C=O) groups excluding carboxylic acids is 1. The van der Waals surface area contributed by atoms with E-state index in [-0.39, 0.29) is 11.7 Å². The molecule has 3 aromatic rings. The first-order valence-electron chi connectivity index (χ1n) is 6.96. The first-order chi connectivity index (χ1) is 11.3. The smallest absolute Gasteiger partial charge is 0.236 e. The molecule has 0 radical (unpaired) electrons. The Morgan fingerprint density at radius 1 is 1.26 bits per heavy atom. The molecule has 0 fully saturated rings. The van der Waals surface area contributed by atoms with E-state index in [1.807, 2.05) is 35.7 Å². The summed E-state index contributed by atoms with van der Waals surface area (Å²) in [5.41, 5.74) is 1.91. The minimum atomic E-state index is -0.135. The molecule has 0 aliphatic heterocycles. The first kappa shape index (κ1) is 15.5. The van der Waals surface area contributed by atoms with E-state index in [0.29, 0.717) is 10.9 Å². The van der Waals surface area contributed by atoms with Crippen LogP contribution in [0.2, 0.25) is 0 Å². The zero-order valence-corrected chi connectivity index (χ0v) is 13.8. The summed E-state index contributed by atoms with van der Waals surface area (Å²) in [6.07, 6.45) is 0. The molecule has 0 spiro atoms. The maximum atomic E-state index is 11.8. The van der Waals surface area contributed by atoms with Crippen molar-refractivity contribution in [3.05, 3.63) is 47.8 Å². The van der Waals surface area contributed by atoms with Crippen molar-refractivity contribution in [2.75, 3.05) is 16.8 Å². The average Bonchev–Trinajstić information content (AvgIpc) is 3.03. The van der Waals surface area contributed by atoms with Gasteiger partial charge in [0.25, 0.3) is 0 Å². The van der Waals surface area contributed by atoms with Gasteiger partial charge in [0.05, 0.1) is 23.3 Å². The molecule has 1 heterocycles. The highest BCUT2D eigenvalue weighted by molar-refractivity contribution is 8.00. The van der Waals surface area contributed by atoms with Crippen molar-refractivity contribution in [3.63, 3.8) is 0 Å². The maximum absolute atomic E-state index is 11.8. The summed E-state index contributed by atoms with van der Waals surface area (Å²) in [5, 5.41) is 16.1. The molecular weight excluding hydrogens is 326 g/mol. The number of aromatic nitrogens is 1. The Morgan fingerprint density at radius 2 is 2.09 bits per heavy atom. The number of thiazole rings is 1. The zero-order chi connectivity index (χ0) is 16.1. The molecule has 23 heavy (non-hydrogen) atoms. The molecule has 0 aliphatic rings. The fraction of sp³-hybridized carbons (Fsp3) is 0.118. The van der Waals surface area contributed by atoms with Crippen LogP contribution in [-0.4, -0.2) is 22.4 Å². The van der Waals surface area contributed by atoms with Crippen LogP contribution in [0.5, 0.6) is 0 Å². The first-order valence-corrected chi connectivity index (χ1v) is 8.99. The molecule has 0 saturated carbocycles. The number of nitriles is 1. The maximum Gasteiger partial charge on any atom is 0.236 e. The Bertz CT molecular complexity index is 877. The van der Waals surface area contributed by atoms with Gasteiger partial charge in [-0.2, -0.15) is 5.26 Å². The molecular formula is C17H13N3OS2. The van der Waals surface area contributed by atoms with Gasteiger partial charge in [0.2, 0.25) is 5.91 Å². The Hall–Kier alpha value is -2.36. The van der Waals surface area contributed by atoms with Crippen molar-refractivity contribution >= 4 is 44.9 Å². The van der Waals surface area contributed by atoms with Gasteiger partial charge in [-0.05, 0) is 10.8 Å². The van der Waals surface area contributed by atoms with Crippen LogP contribution >= 0.6 is 23.1 Å². The summed E-state index contributed by atoms with van der Waals surface area (Å²) in [7, 11) is 0. The second kappa shape index (κ2) is 7.27. The third kappa shape index (κ3) is 3.70. The van der Waals surface area contributed by atoms with Crippen LogP contribution in [0.4, 0.5) is 5.13 Å². The molecule has 1 amide bonds. The molecule has 4 nitrogen and oxygen atoms in total. The number of hydrogen-bond donors (Lipinski definition) is 1. The topological polar surface area (TPSA) is 65.8 Å². The summed E-state index contributed by atoms with van der Waals surface area (Å²) in [4.78, 5) is 16.3. The van der Waals surface area contributed by atoms with E-state index < -0.39 is 0 Å². The van der Waals surface area contributed by atoms with Crippen LogP contribution in [0, 0.1) is 11.3 Å². The number of rotatable bonds is 5. The van der Waals surface area contributed by atoms with Crippen LogP contribution < -0.4 is 5.32 Å². The van der Waals surface area contributed by atoms with Crippen LogP contribution in [0.25, 0.3) is 22.0 Å². The van der Waals surface area contributed by atoms with E-state index in [1.165, 1.54) is 23.1 Å². The molecule has 3 rings (SSSR count). The monoisotopic (exact) mass is 339 g/mol. The Balaban J connectivity index is 1.79. The van der Waals surface area contributed by atoms with Crippen molar-refractivity contribution in [2.24, 2.45) is 0 Å². The molecule has 0 saturated heterocycles. The molecule has 1 aromatic heterocycles. The van der Waals surface area contributed by atoms with Gasteiger partial charge in [0.1, 0.15) is 0 Å². The SMILES string of the molecule is N#CCSCC(=O)Nc1nc(-c2cccc3ccccc23)cs1. The van der Waals surface area contributed by atoms with Gasteiger partial charge >= 0.3 is 0 Å². The number of hydrogen-bond acceptors (Lipinski definition) is 5. The fourth-order valence-electron chi connectivity index (χ4n) is 2.25. The van der Waals surface area contributed by atoms with Crippen LogP contribution in [0.3, 0.4) is 0 Å². The van der Waals surface area contributed by atoms with Crippen LogP contribution in [-0.2, 0) is 4.79 Å². The molecule has 2 aromatic carbocycles. The van der Waals surface area contributed by atoms with E-state index in [4.69, 9.17) is 5.26 Å². The van der Waals surface area contributed by atoms with Crippen molar-refractivity contribution < 1.29 is 4.79 Å². The highest BCUT2D eigenvalue weighted by Gasteiger charge is 2.10. The third-order valence-corrected chi connectivity index (χ3v) is 4.77. The van der Waals surface area contributed by atoms with E-state index in [2.05, 4.69) is 28.5 Å². The lowest BCUT2D eigenvalue weighted by molar-refractivity contribution is -0.113. The predicted molar refractivity (Wildman–Crippen MR) is 96.6 cm³/mol. The highest BCUT2D eigenvalue weighted by Crippen LogP contribution is 2.30. The number of fused-ring (bicyclic) bond motifs is 1. The molecule has 0 unspecified atom stereocenters. The number of nitrogens with zero attached hydrogens (tertiary/aromatic N) is 2. The quantitative estimate of drug-likeness (QED) is 0.709. The van der Waals surface area contributed by atoms with Crippen LogP contribution in [0.15, 0.2) is 47.8 Å². The average molecular weight is 339 g/mol. The van der Waals surface area contributed by atoms with E-state index in [0.717, 1.165) is 22.0 Å². The van der Waals surface area contributed by atoms with Crippen molar-refractivity contribution in [1.29, 1.82) is 5.26 Å². The summed E-state index contributed by atoms with van der Waals surface area (Å²) in [5.74, 6) is 0.438. The third-order valence-electron chi connectivity index (χ3n) is 3.22. The summed E-state index contributed by atoms with van der Waals surface area (Å²) < 4.78 is 0. The van der Waals surface area contributed by atoms with E-state index >= 15 is 0 Å². The highest BCUT2D eigenvalue weighted by atomic mass is 32.2. The van der Waals surface area contributed by atoms with Gasteiger partial charge in [-0.25, -0.2) is 4.98 Å². The van der Waals surface area contributed by atoms with Gasteiger partial charge in [-0.1, -0.05) is 42.5 Å². The Labute approximate surface area is 142 Å². The second-order valence-electron chi connectivity index (χ2n) is 4.76. The number of amides is 1. The van der Waals surface area contributed by atoms with Gasteiger partial charge in [0, 0.05) is 10.9 Å². The van der Waals surface area contributed by atoms with Crippen molar-refractivity contribution in [1.82, 2.24) is 4.98 Å². The molecule has 114 valence electrons. The van der Waals surface area contributed by atoms with Gasteiger partial charge in [-0.3, -0.25) is 4.79 Å². The largest absolute Gasteiger partial charge is 0.301 e. The Morgan fingerprint density at radius 3 is 2.96 bits per heavy atom. The Kier molecular flexibility index (Phi) is 4.91. The number of benzene rings is 2. The summed E-state index contributed by atoms with van der Waals surface area (Å²) >= 11 is 2.69. The molecule has 1 N–H and O–H groups in total. The lowest BCUT2D eigenvalue weighted by atomic mass is 10.0. The standard InChI is InChI=1S/C17H13N3OS2/c18-8-9-22-11-16(21)20-17-19-15(10-23-17)14-7-3-5-12-4-1-2-6-13(12)14/h1-7,10H,9,11H2,(H,19,20,21). The van der Waals surface area contributed by atoms with Crippen LogP contribution in [0.1, 0.15) is 0 Å². The number of carbonyl (C=O) groups is 1. The number of nitrogens with one attached hydrogen (secondary N) is 1. The van der Waals surface area contributed by atoms with Crippen molar-refractivity contribution in [3.8, 4) is 17.3 Å². The number of thioether (sulfide) groups is 1. The molecule has 0 bridgehead atoms. The molecule has 0 aliphatic carbocycles. The predicted octanol–water partition coefficient (Wildman–Crippen LogP) is 4.16. The van der Waals surface area contributed by atoms with Gasteiger partial charge < -0.3 is 5.32 Å². The number of anilines is 1.